The molecule has 9 nitrogen and oxygen atoms in total. The van der Waals surface area contributed by atoms with Crippen LogP contribution in [0.1, 0.15) is 162 Å². The number of nitrogens with two attached hydrogens (primary N) is 1. The molecule has 0 heterocycles. The normalized spacial score (nSPS) is 14.1. The standard InChI is InChI=1S/C44H76NO8P/c1-3-5-7-9-11-12-13-14-15-16-17-18-19-20-21-22-23-24-25-26-27-28-29-30-31-33-35-37-44(47)53-42(41-52-54(48,49)51-39-38-45)40-50-43(46)36-34-32-10-8-6-4-2/h5,7,11-12,14-15,17-18,20-21,23-24,42H,3-4,6,8-10,13,16,19,22,25-41,45H2,1-2H3,(H,48,49)/b7-5-,12-11-,15-14-,18-17-,21-20-,24-23-. The number of esters is 2. The first-order valence-electron chi connectivity index (χ1n) is 20.9. The zero-order valence-electron chi connectivity index (χ0n) is 33.9. The zero-order valence-corrected chi connectivity index (χ0v) is 34.8. The molecule has 310 valence electrons. The van der Waals surface area contributed by atoms with Crippen LogP contribution in [0.15, 0.2) is 72.9 Å². The van der Waals surface area contributed by atoms with E-state index in [1.165, 1.54) is 32.1 Å². The molecular formula is C44H76NO8P. The van der Waals surface area contributed by atoms with Gasteiger partial charge in [-0.15, -0.1) is 0 Å². The molecule has 0 fully saturated rings. The Morgan fingerprint density at radius 1 is 0.574 bits per heavy atom. The first-order chi connectivity index (χ1) is 26.3. The average Bonchev–Trinajstić information content (AvgIpc) is 3.16. The Morgan fingerprint density at radius 2 is 1.02 bits per heavy atom. The van der Waals surface area contributed by atoms with E-state index in [1.54, 1.807) is 0 Å². The maximum atomic E-state index is 12.5. The fourth-order valence-electron chi connectivity index (χ4n) is 5.28. The summed E-state index contributed by atoms with van der Waals surface area (Å²) in [5.74, 6) is -0.854. The number of carbonyl (C=O) groups is 2. The molecule has 54 heavy (non-hydrogen) atoms. The van der Waals surface area contributed by atoms with Crippen LogP contribution in [0.5, 0.6) is 0 Å². The van der Waals surface area contributed by atoms with Gasteiger partial charge < -0.3 is 20.1 Å². The highest BCUT2D eigenvalue weighted by Crippen LogP contribution is 2.43. The fraction of sp³-hybridized carbons (Fsp3) is 0.682. The fourth-order valence-corrected chi connectivity index (χ4v) is 6.05. The lowest BCUT2D eigenvalue weighted by Gasteiger charge is -2.19. The molecule has 2 atom stereocenters. The van der Waals surface area contributed by atoms with Crippen LogP contribution in [0.3, 0.4) is 0 Å². The molecule has 0 rings (SSSR count). The topological polar surface area (TPSA) is 134 Å². The van der Waals surface area contributed by atoms with Gasteiger partial charge in [0.05, 0.1) is 13.2 Å². The molecule has 0 aliphatic heterocycles. The third-order valence-corrected chi connectivity index (χ3v) is 9.34. The molecule has 0 saturated heterocycles. The minimum Gasteiger partial charge on any atom is -0.462 e. The number of hydrogen-bond acceptors (Lipinski definition) is 8. The Balaban J connectivity index is 4.02. The van der Waals surface area contributed by atoms with Gasteiger partial charge in [0.2, 0.25) is 0 Å². The van der Waals surface area contributed by atoms with Crippen LogP contribution in [0.4, 0.5) is 0 Å². The van der Waals surface area contributed by atoms with Crippen molar-refractivity contribution in [3.63, 3.8) is 0 Å². The van der Waals surface area contributed by atoms with Crippen molar-refractivity contribution in [2.24, 2.45) is 5.73 Å². The summed E-state index contributed by atoms with van der Waals surface area (Å²) in [4.78, 5) is 34.6. The van der Waals surface area contributed by atoms with E-state index in [1.807, 2.05) is 0 Å². The molecule has 10 heteroatoms. The molecule has 0 bridgehead atoms. The van der Waals surface area contributed by atoms with E-state index in [0.29, 0.717) is 6.42 Å². The Labute approximate surface area is 329 Å². The Hall–Kier alpha value is -2.55. The van der Waals surface area contributed by atoms with Crippen molar-refractivity contribution < 1.29 is 37.6 Å². The van der Waals surface area contributed by atoms with Crippen molar-refractivity contribution in [2.45, 2.75) is 168 Å². The summed E-state index contributed by atoms with van der Waals surface area (Å²) in [5, 5.41) is 0. The highest BCUT2D eigenvalue weighted by molar-refractivity contribution is 7.47. The monoisotopic (exact) mass is 778 g/mol. The molecule has 0 saturated carbocycles. The molecule has 0 amide bonds. The van der Waals surface area contributed by atoms with Crippen LogP contribution < -0.4 is 5.73 Å². The van der Waals surface area contributed by atoms with Crippen LogP contribution in [0.2, 0.25) is 0 Å². The van der Waals surface area contributed by atoms with Crippen LogP contribution in [0, 0.1) is 0 Å². The second-order valence-electron chi connectivity index (χ2n) is 13.5. The number of ether oxygens (including phenoxy) is 2. The Bertz CT molecular complexity index is 1110. The number of carbonyl (C=O) groups excluding carboxylic acids is 2. The molecule has 0 radical (unpaired) electrons. The van der Waals surface area contributed by atoms with Crippen LogP contribution in [-0.2, 0) is 32.7 Å². The molecule has 0 aromatic rings. The van der Waals surface area contributed by atoms with Crippen molar-refractivity contribution in [1.29, 1.82) is 0 Å². The van der Waals surface area contributed by atoms with E-state index in [0.717, 1.165) is 96.3 Å². The van der Waals surface area contributed by atoms with Gasteiger partial charge in [-0.25, -0.2) is 4.57 Å². The van der Waals surface area contributed by atoms with Crippen LogP contribution in [-0.4, -0.2) is 49.3 Å². The number of allylic oxidation sites excluding steroid dienone is 12. The van der Waals surface area contributed by atoms with Gasteiger partial charge in [-0.05, 0) is 64.2 Å². The van der Waals surface area contributed by atoms with Crippen LogP contribution >= 0.6 is 7.82 Å². The quantitative estimate of drug-likeness (QED) is 0.0272. The molecule has 0 aromatic carbocycles. The molecule has 0 aliphatic rings. The van der Waals surface area contributed by atoms with Gasteiger partial charge in [0, 0.05) is 19.4 Å². The summed E-state index contributed by atoms with van der Waals surface area (Å²) in [6.07, 6.45) is 48.3. The van der Waals surface area contributed by atoms with E-state index in [4.69, 9.17) is 24.3 Å². The number of rotatable bonds is 38. The van der Waals surface area contributed by atoms with Crippen molar-refractivity contribution in [3.8, 4) is 0 Å². The predicted octanol–water partition coefficient (Wildman–Crippen LogP) is 11.9. The molecule has 2 unspecified atom stereocenters. The minimum atomic E-state index is -4.37. The lowest BCUT2D eigenvalue weighted by atomic mass is 10.1. The maximum Gasteiger partial charge on any atom is 0.472 e. The molecule has 3 N–H and O–H groups in total. The number of hydrogen-bond donors (Lipinski definition) is 2. The third kappa shape index (κ3) is 39.2. The molecule has 0 aliphatic carbocycles. The maximum absolute atomic E-state index is 12.5. The van der Waals surface area contributed by atoms with Crippen LogP contribution in [0.25, 0.3) is 0 Å². The third-order valence-electron chi connectivity index (χ3n) is 8.36. The molecule has 0 aromatic heterocycles. The average molecular weight is 778 g/mol. The Kier molecular flexibility index (Phi) is 38.2. The van der Waals surface area contributed by atoms with Gasteiger partial charge in [-0.1, -0.05) is 157 Å². The van der Waals surface area contributed by atoms with Gasteiger partial charge in [-0.2, -0.15) is 0 Å². The van der Waals surface area contributed by atoms with Crippen molar-refractivity contribution in [2.75, 3.05) is 26.4 Å². The number of unbranched alkanes of at least 4 members (excludes halogenated alkanes) is 13. The summed E-state index contributed by atoms with van der Waals surface area (Å²) in [6.45, 7) is 3.51. The van der Waals surface area contributed by atoms with E-state index < -0.39 is 32.5 Å². The summed E-state index contributed by atoms with van der Waals surface area (Å²) < 4.78 is 32.5. The predicted molar refractivity (Wildman–Crippen MR) is 224 cm³/mol. The molecule has 0 spiro atoms. The van der Waals surface area contributed by atoms with E-state index in [9.17, 15) is 19.0 Å². The van der Waals surface area contributed by atoms with Crippen molar-refractivity contribution in [1.82, 2.24) is 0 Å². The van der Waals surface area contributed by atoms with Gasteiger partial charge >= 0.3 is 19.8 Å². The Morgan fingerprint density at radius 3 is 1.52 bits per heavy atom. The smallest absolute Gasteiger partial charge is 0.462 e. The van der Waals surface area contributed by atoms with Gasteiger partial charge in [0.25, 0.3) is 0 Å². The highest BCUT2D eigenvalue weighted by Gasteiger charge is 2.25. The summed E-state index contributed by atoms with van der Waals surface area (Å²) in [5.41, 5.74) is 5.32. The van der Waals surface area contributed by atoms with E-state index in [-0.39, 0.29) is 32.6 Å². The largest absolute Gasteiger partial charge is 0.472 e. The number of phosphoric ester groups is 1. The van der Waals surface area contributed by atoms with Gasteiger partial charge in [0.15, 0.2) is 6.10 Å². The second kappa shape index (κ2) is 40.1. The summed E-state index contributed by atoms with van der Waals surface area (Å²) >= 11 is 0. The summed E-state index contributed by atoms with van der Waals surface area (Å²) in [7, 11) is -4.37. The lowest BCUT2D eigenvalue weighted by molar-refractivity contribution is -0.161. The second-order valence-corrected chi connectivity index (χ2v) is 14.9. The first kappa shape index (κ1) is 51.5. The highest BCUT2D eigenvalue weighted by atomic mass is 31.2. The molecular weight excluding hydrogens is 701 g/mol. The zero-order chi connectivity index (χ0) is 39.6. The van der Waals surface area contributed by atoms with Gasteiger partial charge in [0.1, 0.15) is 6.61 Å². The minimum absolute atomic E-state index is 0.0491. The first-order valence-corrected chi connectivity index (χ1v) is 22.4. The van der Waals surface area contributed by atoms with Crippen molar-refractivity contribution >= 4 is 19.8 Å². The van der Waals surface area contributed by atoms with Crippen molar-refractivity contribution in [3.05, 3.63) is 72.9 Å². The van der Waals surface area contributed by atoms with Gasteiger partial charge in [-0.3, -0.25) is 18.6 Å². The number of phosphoric acid groups is 1. The van der Waals surface area contributed by atoms with E-state index in [2.05, 4.69) is 86.8 Å². The lowest BCUT2D eigenvalue weighted by Crippen LogP contribution is -2.29. The SMILES string of the molecule is CC/C=C\C/C=C\C/C=C\C/C=C\C/C=C\C/C=C\CCCCCCCCCCC(=O)OC(COC(=O)CCCCCCCC)COP(=O)(O)OCCN. The van der Waals surface area contributed by atoms with E-state index >= 15 is 0 Å². The summed E-state index contributed by atoms with van der Waals surface area (Å²) in [6, 6.07) is 0.